The highest BCUT2D eigenvalue weighted by molar-refractivity contribution is 5.81. The van der Waals surface area contributed by atoms with Crippen LogP contribution in [0.15, 0.2) is 24.3 Å². The average molecular weight is 246 g/mol. The molecule has 1 heterocycles. The first-order valence-corrected chi connectivity index (χ1v) is 6.67. The monoisotopic (exact) mass is 246 g/mol. The van der Waals surface area contributed by atoms with Crippen molar-refractivity contribution in [3.05, 3.63) is 30.0 Å². The highest BCUT2D eigenvalue weighted by atomic mass is 16.3. The molecule has 1 aromatic heterocycles. The zero-order valence-electron chi connectivity index (χ0n) is 11.5. The zero-order valence-corrected chi connectivity index (χ0v) is 11.5. The molecule has 0 bridgehead atoms. The van der Waals surface area contributed by atoms with Crippen molar-refractivity contribution in [1.29, 1.82) is 0 Å². The molecule has 0 amide bonds. The lowest BCUT2D eigenvalue weighted by Gasteiger charge is -2.28. The van der Waals surface area contributed by atoms with E-state index in [-0.39, 0.29) is 12.0 Å². The van der Waals surface area contributed by atoms with E-state index >= 15 is 0 Å². The maximum Gasteiger partial charge on any atom is 0.0709 e. The molecule has 0 saturated carbocycles. The number of nitrogens with zero attached hydrogens (tertiary/aromatic N) is 2. The van der Waals surface area contributed by atoms with Crippen LogP contribution >= 0.6 is 0 Å². The topological polar surface area (TPSA) is 38.1 Å². The van der Waals surface area contributed by atoms with E-state index in [1.807, 2.05) is 23.9 Å². The van der Waals surface area contributed by atoms with E-state index in [2.05, 4.69) is 31.1 Å². The molecule has 0 aliphatic rings. The minimum Gasteiger partial charge on any atom is -0.396 e. The van der Waals surface area contributed by atoms with Crippen molar-refractivity contribution < 1.29 is 5.11 Å². The smallest absolute Gasteiger partial charge is 0.0709 e. The molecular formula is C15H22N2O. The summed E-state index contributed by atoms with van der Waals surface area (Å²) in [6.45, 7) is 4.51. The molecule has 18 heavy (non-hydrogen) atoms. The number of aliphatic hydroxyl groups excluding tert-OH is 1. The lowest BCUT2D eigenvalue weighted by atomic mass is 9.78. The van der Waals surface area contributed by atoms with Crippen molar-refractivity contribution in [3.8, 4) is 0 Å². The summed E-state index contributed by atoms with van der Waals surface area (Å²) >= 11 is 0. The van der Waals surface area contributed by atoms with Gasteiger partial charge in [-0.15, -0.1) is 0 Å². The molecule has 0 aliphatic heterocycles. The van der Waals surface area contributed by atoms with Gasteiger partial charge < -0.3 is 5.11 Å². The van der Waals surface area contributed by atoms with Crippen LogP contribution in [0.2, 0.25) is 0 Å². The Hall–Kier alpha value is -1.35. The van der Waals surface area contributed by atoms with Gasteiger partial charge in [-0.2, -0.15) is 5.10 Å². The number of fused-ring (bicyclic) bond motifs is 1. The third kappa shape index (κ3) is 2.15. The van der Waals surface area contributed by atoms with E-state index in [4.69, 9.17) is 0 Å². The number of aliphatic hydroxyl groups is 1. The largest absolute Gasteiger partial charge is 0.396 e. The summed E-state index contributed by atoms with van der Waals surface area (Å²) in [4.78, 5) is 0. The predicted molar refractivity (Wildman–Crippen MR) is 74.5 cm³/mol. The molecular weight excluding hydrogens is 224 g/mol. The molecule has 0 fully saturated rings. The standard InChI is InChI=1S/C15H22N2O/c1-4-15(5-2,11-18)10-13-12-8-6-7-9-14(12)17(3)16-13/h6-9,18H,4-5,10-11H2,1-3H3. The minimum atomic E-state index is -0.0306. The highest BCUT2D eigenvalue weighted by Gasteiger charge is 2.27. The molecule has 0 saturated heterocycles. The van der Waals surface area contributed by atoms with Crippen LogP contribution in [0.25, 0.3) is 10.9 Å². The van der Waals surface area contributed by atoms with Gasteiger partial charge >= 0.3 is 0 Å². The Morgan fingerprint density at radius 3 is 2.50 bits per heavy atom. The lowest BCUT2D eigenvalue weighted by molar-refractivity contribution is 0.114. The number of aromatic nitrogens is 2. The molecule has 0 unspecified atom stereocenters. The summed E-state index contributed by atoms with van der Waals surface area (Å²) in [7, 11) is 1.98. The molecule has 3 nitrogen and oxygen atoms in total. The number of benzene rings is 1. The third-order valence-corrected chi connectivity index (χ3v) is 4.21. The van der Waals surface area contributed by atoms with Crippen molar-refractivity contribution in [3.63, 3.8) is 0 Å². The van der Waals surface area contributed by atoms with E-state index in [0.29, 0.717) is 0 Å². The molecule has 0 spiro atoms. The SMILES string of the molecule is CCC(CC)(CO)Cc1nn(C)c2ccccc12. The van der Waals surface area contributed by atoms with Gasteiger partial charge in [-0.25, -0.2) is 0 Å². The molecule has 1 aromatic carbocycles. The number of hydrogen-bond acceptors (Lipinski definition) is 2. The fourth-order valence-electron chi connectivity index (χ4n) is 2.55. The molecule has 2 rings (SSSR count). The second kappa shape index (κ2) is 5.11. The first-order chi connectivity index (χ1) is 8.65. The van der Waals surface area contributed by atoms with Crippen LogP contribution in [-0.4, -0.2) is 21.5 Å². The lowest BCUT2D eigenvalue weighted by Crippen LogP contribution is -2.26. The van der Waals surface area contributed by atoms with Gasteiger partial charge in [-0.3, -0.25) is 4.68 Å². The van der Waals surface area contributed by atoms with Gasteiger partial charge in [0.05, 0.1) is 11.2 Å². The van der Waals surface area contributed by atoms with Crippen LogP contribution in [0, 0.1) is 5.41 Å². The van der Waals surface area contributed by atoms with Crippen LogP contribution in [0.5, 0.6) is 0 Å². The molecule has 98 valence electrons. The maximum absolute atomic E-state index is 9.68. The van der Waals surface area contributed by atoms with Gasteiger partial charge in [0.25, 0.3) is 0 Å². The van der Waals surface area contributed by atoms with Crippen molar-refractivity contribution >= 4 is 10.9 Å². The molecule has 0 radical (unpaired) electrons. The summed E-state index contributed by atoms with van der Waals surface area (Å²) < 4.78 is 1.93. The van der Waals surface area contributed by atoms with Gasteiger partial charge in [0, 0.05) is 19.0 Å². The Balaban J connectivity index is 2.43. The van der Waals surface area contributed by atoms with Crippen LogP contribution in [0.4, 0.5) is 0 Å². The van der Waals surface area contributed by atoms with Crippen LogP contribution in [-0.2, 0) is 13.5 Å². The highest BCUT2D eigenvalue weighted by Crippen LogP contribution is 2.32. The van der Waals surface area contributed by atoms with Crippen molar-refractivity contribution in [2.45, 2.75) is 33.1 Å². The molecule has 3 heteroatoms. The Labute approximate surface area is 108 Å². The van der Waals surface area contributed by atoms with E-state index in [9.17, 15) is 5.11 Å². The van der Waals surface area contributed by atoms with Crippen LogP contribution in [0.3, 0.4) is 0 Å². The fourth-order valence-corrected chi connectivity index (χ4v) is 2.55. The number of hydrogen-bond donors (Lipinski definition) is 1. The van der Waals surface area contributed by atoms with Crippen molar-refractivity contribution in [2.24, 2.45) is 12.5 Å². The van der Waals surface area contributed by atoms with Gasteiger partial charge in [0.15, 0.2) is 0 Å². The normalized spacial score (nSPS) is 12.2. The van der Waals surface area contributed by atoms with Crippen molar-refractivity contribution in [2.75, 3.05) is 6.61 Å². The van der Waals surface area contributed by atoms with E-state index in [1.54, 1.807) is 0 Å². The van der Waals surface area contributed by atoms with E-state index in [0.717, 1.165) is 30.5 Å². The molecule has 2 aromatic rings. The Kier molecular flexibility index (Phi) is 3.71. The predicted octanol–water partition coefficient (Wildman–Crippen LogP) is 2.91. The van der Waals surface area contributed by atoms with Gasteiger partial charge in [-0.05, 0) is 30.7 Å². The Bertz CT molecular complexity index is 518. The second-order valence-electron chi connectivity index (χ2n) is 5.13. The fraction of sp³-hybridized carbons (Fsp3) is 0.533. The maximum atomic E-state index is 9.68. The summed E-state index contributed by atoms with van der Waals surface area (Å²) in [5.41, 5.74) is 2.23. The number of aryl methyl sites for hydroxylation is 1. The summed E-state index contributed by atoms with van der Waals surface area (Å²) in [5.74, 6) is 0. The van der Waals surface area contributed by atoms with Gasteiger partial charge in [0.1, 0.15) is 0 Å². The average Bonchev–Trinajstić information content (AvgIpc) is 2.73. The number of rotatable bonds is 5. The second-order valence-corrected chi connectivity index (χ2v) is 5.13. The molecule has 0 aliphatic carbocycles. The van der Waals surface area contributed by atoms with Crippen LogP contribution in [0.1, 0.15) is 32.4 Å². The van der Waals surface area contributed by atoms with Gasteiger partial charge in [-0.1, -0.05) is 32.0 Å². The zero-order chi connectivity index (χ0) is 13.2. The first-order valence-electron chi connectivity index (χ1n) is 6.67. The Morgan fingerprint density at radius 2 is 1.89 bits per heavy atom. The summed E-state index contributed by atoms with van der Waals surface area (Å²) in [6.07, 6.45) is 2.80. The van der Waals surface area contributed by atoms with Crippen molar-refractivity contribution in [1.82, 2.24) is 9.78 Å². The van der Waals surface area contributed by atoms with Crippen LogP contribution < -0.4 is 0 Å². The minimum absolute atomic E-state index is 0.0306. The summed E-state index contributed by atoms with van der Waals surface area (Å²) in [5, 5.41) is 15.5. The number of para-hydroxylation sites is 1. The van der Waals surface area contributed by atoms with E-state index in [1.165, 1.54) is 5.39 Å². The third-order valence-electron chi connectivity index (χ3n) is 4.21. The quantitative estimate of drug-likeness (QED) is 0.881. The summed E-state index contributed by atoms with van der Waals surface area (Å²) in [6, 6.07) is 8.29. The first kappa shape index (κ1) is 13.1. The molecule has 1 N–H and O–H groups in total. The van der Waals surface area contributed by atoms with E-state index < -0.39 is 0 Å². The van der Waals surface area contributed by atoms with Gasteiger partial charge in [0.2, 0.25) is 0 Å². The Morgan fingerprint density at radius 1 is 1.22 bits per heavy atom. The molecule has 0 atom stereocenters.